The Balaban J connectivity index is 2.06. The lowest BCUT2D eigenvalue weighted by Crippen LogP contribution is -2.07. The zero-order chi connectivity index (χ0) is 18.2. The summed E-state index contributed by atoms with van der Waals surface area (Å²) in [6.07, 6.45) is 3.08. The van der Waals surface area contributed by atoms with E-state index >= 15 is 0 Å². The highest BCUT2D eigenvalue weighted by molar-refractivity contribution is 7.17. The van der Waals surface area contributed by atoms with Crippen LogP contribution in [0.4, 0.5) is 5.13 Å². The molecule has 0 aliphatic carbocycles. The summed E-state index contributed by atoms with van der Waals surface area (Å²) in [7, 11) is 0. The van der Waals surface area contributed by atoms with E-state index in [4.69, 9.17) is 9.47 Å². The normalized spacial score (nSPS) is 10.7. The largest absolute Gasteiger partial charge is 0.493 e. The lowest BCUT2D eigenvalue weighted by Gasteiger charge is -2.06. The van der Waals surface area contributed by atoms with Crippen molar-refractivity contribution in [3.8, 4) is 5.75 Å². The van der Waals surface area contributed by atoms with Crippen LogP contribution in [-0.2, 0) is 9.53 Å². The highest BCUT2D eigenvalue weighted by Crippen LogP contribution is 2.24. The summed E-state index contributed by atoms with van der Waals surface area (Å²) in [5.41, 5.74) is 1.34. The number of nitrogens with one attached hydrogen (secondary N) is 1. The number of aromatic nitrogens is 1. The Morgan fingerprint density at radius 2 is 2.00 bits per heavy atom. The van der Waals surface area contributed by atoms with Crippen molar-refractivity contribution >= 4 is 34.4 Å². The van der Waals surface area contributed by atoms with Gasteiger partial charge in [0.2, 0.25) is 5.91 Å². The van der Waals surface area contributed by atoms with Crippen molar-refractivity contribution in [2.75, 3.05) is 18.5 Å². The van der Waals surface area contributed by atoms with E-state index in [1.165, 1.54) is 6.08 Å². The fourth-order valence-corrected chi connectivity index (χ4v) is 2.92. The Labute approximate surface area is 150 Å². The third-order valence-corrected chi connectivity index (χ3v) is 4.17. The van der Waals surface area contributed by atoms with Gasteiger partial charge in [-0.15, -0.1) is 0 Å². The Morgan fingerprint density at radius 3 is 2.72 bits per heavy atom. The van der Waals surface area contributed by atoms with Gasteiger partial charge >= 0.3 is 5.97 Å². The van der Waals surface area contributed by atoms with Crippen LogP contribution in [0.1, 0.15) is 34.8 Å². The maximum Gasteiger partial charge on any atom is 0.350 e. The predicted octanol–water partition coefficient (Wildman–Crippen LogP) is 3.68. The molecule has 0 aliphatic heterocycles. The van der Waals surface area contributed by atoms with E-state index in [1.54, 1.807) is 19.9 Å². The molecule has 0 unspecified atom stereocenters. The molecule has 1 aromatic carbocycles. The Morgan fingerprint density at radius 1 is 1.24 bits per heavy atom. The van der Waals surface area contributed by atoms with Gasteiger partial charge in [-0.1, -0.05) is 29.5 Å². The number of rotatable bonds is 7. The number of aryl methyl sites for hydroxylation is 1. The summed E-state index contributed by atoms with van der Waals surface area (Å²) in [6.45, 7) is 6.18. The van der Waals surface area contributed by atoms with Gasteiger partial charge in [0.05, 0.1) is 18.9 Å². The number of carbonyl (C=O) groups excluding carboxylic acids is 2. The summed E-state index contributed by atoms with van der Waals surface area (Å²) in [5, 5.41) is 3.01. The molecule has 2 aromatic rings. The van der Waals surface area contributed by atoms with Crippen molar-refractivity contribution in [3.63, 3.8) is 0 Å². The van der Waals surface area contributed by atoms with Crippen LogP contribution in [0.15, 0.2) is 30.3 Å². The Kier molecular flexibility index (Phi) is 6.71. The number of para-hydroxylation sites is 1. The van der Waals surface area contributed by atoms with Gasteiger partial charge in [0.15, 0.2) is 5.13 Å². The molecule has 0 spiro atoms. The fourth-order valence-electron chi connectivity index (χ4n) is 2.05. The second kappa shape index (κ2) is 8.98. The first-order valence-corrected chi connectivity index (χ1v) is 8.72. The molecule has 0 atom stereocenters. The SMILES string of the molecule is CCOC(=O)c1sc(NC(=O)/C=C/c2ccccc2OCC)nc1C. The van der Waals surface area contributed by atoms with Crippen LogP contribution in [0.3, 0.4) is 0 Å². The molecule has 1 aromatic heterocycles. The molecule has 132 valence electrons. The van der Waals surface area contributed by atoms with Crippen molar-refractivity contribution in [1.29, 1.82) is 0 Å². The van der Waals surface area contributed by atoms with Gasteiger partial charge < -0.3 is 9.47 Å². The van der Waals surface area contributed by atoms with Gasteiger partial charge in [-0.05, 0) is 32.9 Å². The van der Waals surface area contributed by atoms with Crippen molar-refractivity contribution in [2.45, 2.75) is 20.8 Å². The van der Waals surface area contributed by atoms with E-state index in [0.717, 1.165) is 16.9 Å². The first kappa shape index (κ1) is 18.7. The van der Waals surface area contributed by atoms with E-state index in [0.29, 0.717) is 34.7 Å². The van der Waals surface area contributed by atoms with Crippen LogP contribution in [0.2, 0.25) is 0 Å². The van der Waals surface area contributed by atoms with Gasteiger partial charge in [0.25, 0.3) is 0 Å². The van der Waals surface area contributed by atoms with Crippen molar-refractivity contribution in [1.82, 2.24) is 4.98 Å². The summed E-state index contributed by atoms with van der Waals surface area (Å²) in [6, 6.07) is 7.45. The number of amides is 1. The molecule has 0 saturated carbocycles. The van der Waals surface area contributed by atoms with Crippen LogP contribution in [0.5, 0.6) is 5.75 Å². The third-order valence-electron chi connectivity index (χ3n) is 3.12. The molecule has 6 nitrogen and oxygen atoms in total. The van der Waals surface area contributed by atoms with E-state index < -0.39 is 5.97 Å². The zero-order valence-corrected chi connectivity index (χ0v) is 15.2. The monoisotopic (exact) mass is 360 g/mol. The summed E-state index contributed by atoms with van der Waals surface area (Å²) < 4.78 is 10.5. The van der Waals surface area contributed by atoms with Crippen molar-refractivity contribution < 1.29 is 19.1 Å². The highest BCUT2D eigenvalue weighted by atomic mass is 32.1. The molecule has 1 N–H and O–H groups in total. The van der Waals surface area contributed by atoms with E-state index in [1.807, 2.05) is 31.2 Å². The maximum atomic E-state index is 12.1. The van der Waals surface area contributed by atoms with Crippen LogP contribution in [-0.4, -0.2) is 30.1 Å². The standard InChI is InChI=1S/C18H20N2O4S/c1-4-23-14-9-7-6-8-13(14)10-11-15(21)20-18-19-12(3)16(25-18)17(22)24-5-2/h6-11H,4-5H2,1-3H3,(H,19,20,21)/b11-10+. The minimum atomic E-state index is -0.431. The minimum Gasteiger partial charge on any atom is -0.493 e. The van der Waals surface area contributed by atoms with Gasteiger partial charge in [0.1, 0.15) is 10.6 Å². The smallest absolute Gasteiger partial charge is 0.350 e. The fraction of sp³-hybridized carbons (Fsp3) is 0.278. The van der Waals surface area contributed by atoms with Crippen LogP contribution < -0.4 is 10.1 Å². The number of benzene rings is 1. The summed E-state index contributed by atoms with van der Waals surface area (Å²) in [5.74, 6) is -0.0571. The number of hydrogen-bond acceptors (Lipinski definition) is 6. The number of esters is 1. The quantitative estimate of drug-likeness (QED) is 0.602. The molecule has 0 bridgehead atoms. The highest BCUT2D eigenvalue weighted by Gasteiger charge is 2.16. The van der Waals surface area contributed by atoms with Gasteiger partial charge in [0, 0.05) is 11.6 Å². The predicted molar refractivity (Wildman–Crippen MR) is 98.1 cm³/mol. The Hall–Kier alpha value is -2.67. The number of anilines is 1. The molecule has 7 heteroatoms. The molecular weight excluding hydrogens is 340 g/mol. The third kappa shape index (κ3) is 5.15. The molecule has 1 heterocycles. The lowest BCUT2D eigenvalue weighted by molar-refractivity contribution is -0.111. The molecule has 0 radical (unpaired) electrons. The van der Waals surface area contributed by atoms with Gasteiger partial charge in [-0.2, -0.15) is 0 Å². The lowest BCUT2D eigenvalue weighted by atomic mass is 10.2. The minimum absolute atomic E-state index is 0.292. The number of carbonyl (C=O) groups is 2. The number of ether oxygens (including phenoxy) is 2. The van der Waals surface area contributed by atoms with Gasteiger partial charge in [-0.25, -0.2) is 9.78 Å². The first-order chi connectivity index (χ1) is 12.0. The number of hydrogen-bond donors (Lipinski definition) is 1. The first-order valence-electron chi connectivity index (χ1n) is 7.90. The number of thiazole rings is 1. The second-order valence-corrected chi connectivity index (χ2v) is 5.95. The van der Waals surface area contributed by atoms with Crippen LogP contribution in [0, 0.1) is 6.92 Å². The topological polar surface area (TPSA) is 77.5 Å². The number of nitrogens with zero attached hydrogens (tertiary/aromatic N) is 1. The van der Waals surface area contributed by atoms with Gasteiger partial charge in [-0.3, -0.25) is 10.1 Å². The van der Waals surface area contributed by atoms with Crippen molar-refractivity contribution in [3.05, 3.63) is 46.5 Å². The summed E-state index contributed by atoms with van der Waals surface area (Å²) in [4.78, 5) is 28.4. The molecule has 0 fully saturated rings. The average Bonchev–Trinajstić information content (AvgIpc) is 2.95. The summed E-state index contributed by atoms with van der Waals surface area (Å²) >= 11 is 1.09. The molecule has 1 amide bonds. The molecule has 25 heavy (non-hydrogen) atoms. The second-order valence-electron chi connectivity index (χ2n) is 4.95. The maximum absolute atomic E-state index is 12.1. The average molecular weight is 360 g/mol. The van der Waals surface area contributed by atoms with Crippen LogP contribution >= 0.6 is 11.3 Å². The van der Waals surface area contributed by atoms with E-state index in [-0.39, 0.29) is 5.91 Å². The molecular formula is C18H20N2O4S. The molecule has 2 rings (SSSR count). The molecule has 0 aliphatic rings. The van der Waals surface area contributed by atoms with Crippen molar-refractivity contribution in [2.24, 2.45) is 0 Å². The van der Waals surface area contributed by atoms with Crippen LogP contribution in [0.25, 0.3) is 6.08 Å². The Bertz CT molecular complexity index is 783. The van der Waals surface area contributed by atoms with E-state index in [2.05, 4.69) is 10.3 Å². The van der Waals surface area contributed by atoms with E-state index in [9.17, 15) is 9.59 Å². The zero-order valence-electron chi connectivity index (χ0n) is 14.4. The molecule has 0 saturated heterocycles.